The molecule has 0 aliphatic carbocycles. The van der Waals surface area contributed by atoms with Crippen molar-refractivity contribution in [1.29, 1.82) is 0 Å². The zero-order valence-electron chi connectivity index (χ0n) is 9.48. The Kier molecular flexibility index (Phi) is 6.30. The van der Waals surface area contributed by atoms with Crippen molar-refractivity contribution in [3.05, 3.63) is 29.3 Å². The molecule has 0 aromatic heterocycles. The third kappa shape index (κ3) is 4.33. The summed E-state index contributed by atoms with van der Waals surface area (Å²) in [7, 11) is -4.65. The van der Waals surface area contributed by atoms with Crippen molar-refractivity contribution in [3.8, 4) is 0 Å². The molecule has 0 atom stereocenters. The molecule has 1 aromatic rings. The van der Waals surface area contributed by atoms with Crippen LogP contribution in [0.4, 0.5) is 0 Å². The number of benzene rings is 1. The molecule has 9 heteroatoms. The van der Waals surface area contributed by atoms with Crippen LogP contribution in [0.5, 0.6) is 0 Å². The largest absolute Gasteiger partial charge is 1.00 e. The van der Waals surface area contributed by atoms with E-state index < -0.39 is 31.1 Å². The second-order valence-corrected chi connectivity index (χ2v) is 4.81. The van der Waals surface area contributed by atoms with E-state index in [1.54, 1.807) is 0 Å². The first-order valence-electron chi connectivity index (χ1n) is 3.74. The van der Waals surface area contributed by atoms with Crippen LogP contribution in [0.2, 0.25) is 0 Å². The molecular weight excluding hydrogens is 302 g/mol. The fourth-order valence-electron chi connectivity index (χ4n) is 1.02. The van der Waals surface area contributed by atoms with Crippen LogP contribution < -0.4 is 29.6 Å². The maximum Gasteiger partial charge on any atom is 1.00 e. The molecule has 0 amide bonds. The van der Waals surface area contributed by atoms with Crippen molar-refractivity contribution in [1.82, 2.24) is 0 Å². The number of carbonyl (C=O) groups is 2. The van der Waals surface area contributed by atoms with E-state index in [0.29, 0.717) is 0 Å². The minimum Gasteiger partial charge on any atom is -1.00 e. The molecule has 0 fully saturated rings. The van der Waals surface area contributed by atoms with Gasteiger partial charge in [0.25, 0.3) is 20.6 Å². The van der Waals surface area contributed by atoms with Gasteiger partial charge in [-0.25, -0.2) is 0 Å². The van der Waals surface area contributed by atoms with Gasteiger partial charge in [-0.05, 0) is 41.4 Å². The Morgan fingerprint density at radius 2 is 1.71 bits per heavy atom. The minimum atomic E-state index is -4.65. The van der Waals surface area contributed by atoms with Crippen molar-refractivity contribution in [2.24, 2.45) is 0 Å². The summed E-state index contributed by atoms with van der Waals surface area (Å²) in [6.45, 7) is 0. The van der Waals surface area contributed by atoms with E-state index in [0.717, 1.165) is 18.2 Å². The number of halogens is 2. The number of hydrogen-bond donors (Lipinski definition) is 1. The molecule has 1 rings (SSSR count). The topological polar surface area (TPSA) is 88.5 Å². The average Bonchev–Trinajstić information content (AvgIpc) is 2.15. The summed E-state index contributed by atoms with van der Waals surface area (Å²) in [6, 6.07) is 2.90. The summed E-state index contributed by atoms with van der Waals surface area (Å²) < 4.78 is 30.7. The van der Waals surface area contributed by atoms with Crippen molar-refractivity contribution < 1.29 is 53.5 Å². The van der Waals surface area contributed by atoms with Gasteiger partial charge in [0.15, 0.2) is 0 Å². The number of rotatable bonds is 3. The molecule has 0 spiro atoms. The van der Waals surface area contributed by atoms with Crippen LogP contribution in [-0.4, -0.2) is 23.5 Å². The predicted molar refractivity (Wildman–Crippen MR) is 57.7 cm³/mol. The first-order valence-corrected chi connectivity index (χ1v) is 5.94. The van der Waals surface area contributed by atoms with Crippen LogP contribution in [0.15, 0.2) is 23.1 Å². The summed E-state index contributed by atoms with van der Waals surface area (Å²) in [4.78, 5) is 20.9. The van der Waals surface area contributed by atoms with Crippen LogP contribution in [0, 0.1) is 0 Å². The molecule has 0 saturated carbocycles. The smallest absolute Gasteiger partial charge is 1.00 e. The van der Waals surface area contributed by atoms with Crippen LogP contribution in [-0.2, 0) is 10.1 Å². The van der Waals surface area contributed by atoms with Crippen LogP contribution >= 0.6 is 23.2 Å². The van der Waals surface area contributed by atoms with Gasteiger partial charge >= 0.3 is 29.6 Å². The fraction of sp³-hybridized carbons (Fsp3) is 0. The maximum atomic E-state index is 10.9. The Labute approximate surface area is 131 Å². The van der Waals surface area contributed by atoms with Crippen LogP contribution in [0.3, 0.4) is 0 Å². The first kappa shape index (κ1) is 17.1. The summed E-state index contributed by atoms with van der Waals surface area (Å²) in [6.07, 6.45) is 0. The Bertz CT molecular complexity index is 575. The normalized spacial score (nSPS) is 10.5. The summed E-state index contributed by atoms with van der Waals surface area (Å²) in [5.74, 6) is 0. The third-order valence-electron chi connectivity index (χ3n) is 1.70. The van der Waals surface area contributed by atoms with E-state index in [1.165, 1.54) is 0 Å². The maximum absolute atomic E-state index is 10.9. The van der Waals surface area contributed by atoms with Gasteiger partial charge in [0.2, 0.25) is 0 Å². The van der Waals surface area contributed by atoms with E-state index >= 15 is 0 Å². The summed E-state index contributed by atoms with van der Waals surface area (Å²) >= 11 is 10.2. The Morgan fingerprint density at radius 3 is 2.06 bits per heavy atom. The SMILES string of the molecule is O=C(Cl)c1ccc(C(=O)Cl)c(S(=O)(=O)O)c1.[H-].[Na+]. The quantitative estimate of drug-likeness (QED) is 0.431. The Balaban J connectivity index is 0. The van der Waals surface area contributed by atoms with Gasteiger partial charge in [0, 0.05) is 5.56 Å². The van der Waals surface area contributed by atoms with Crippen molar-refractivity contribution in [2.75, 3.05) is 0 Å². The standard InChI is InChI=1S/C8H4Cl2O5S.Na.H/c9-7(11)4-1-2-5(8(10)12)6(3-4)16(13,14)15;;/h1-3H,(H,13,14,15);;/q;+1;-1. The van der Waals surface area contributed by atoms with Crippen molar-refractivity contribution in [3.63, 3.8) is 0 Å². The van der Waals surface area contributed by atoms with Gasteiger partial charge in [-0.15, -0.1) is 0 Å². The van der Waals surface area contributed by atoms with Crippen LogP contribution in [0.25, 0.3) is 0 Å². The van der Waals surface area contributed by atoms with E-state index in [2.05, 4.69) is 0 Å². The molecule has 0 heterocycles. The summed E-state index contributed by atoms with van der Waals surface area (Å²) in [5, 5.41) is -1.99. The molecule has 0 aliphatic heterocycles. The predicted octanol–water partition coefficient (Wildman–Crippen LogP) is -1.19. The van der Waals surface area contributed by atoms with E-state index in [-0.39, 0.29) is 36.5 Å². The van der Waals surface area contributed by atoms with Crippen LogP contribution in [0.1, 0.15) is 22.1 Å². The molecule has 0 saturated heterocycles. The second kappa shape index (κ2) is 6.29. The molecular formula is C8H5Cl2NaO5S. The number of carbonyl (C=O) groups excluding carboxylic acids is 2. The fourth-order valence-corrected chi connectivity index (χ4v) is 2.07. The molecule has 0 radical (unpaired) electrons. The van der Waals surface area contributed by atoms with E-state index in [4.69, 9.17) is 27.8 Å². The zero-order valence-corrected chi connectivity index (χ0v) is 12.8. The molecule has 88 valence electrons. The third-order valence-corrected chi connectivity index (χ3v) is 3.01. The van der Waals surface area contributed by atoms with Gasteiger partial charge < -0.3 is 1.43 Å². The minimum absolute atomic E-state index is 0. The van der Waals surface area contributed by atoms with Gasteiger partial charge in [-0.2, -0.15) is 8.42 Å². The average molecular weight is 307 g/mol. The molecule has 0 bridgehead atoms. The van der Waals surface area contributed by atoms with E-state index in [9.17, 15) is 18.0 Å². The molecule has 1 N–H and O–H groups in total. The summed E-state index contributed by atoms with van der Waals surface area (Å²) in [5.41, 5.74) is -0.596. The first-order chi connectivity index (χ1) is 7.23. The monoisotopic (exact) mass is 306 g/mol. The van der Waals surface area contributed by atoms with Gasteiger partial charge in [0.1, 0.15) is 4.90 Å². The Hall–Kier alpha value is 0.0500. The van der Waals surface area contributed by atoms with Crippen molar-refractivity contribution in [2.45, 2.75) is 4.90 Å². The van der Waals surface area contributed by atoms with E-state index in [1.807, 2.05) is 0 Å². The second-order valence-electron chi connectivity index (χ2n) is 2.73. The zero-order chi connectivity index (χ0) is 12.5. The van der Waals surface area contributed by atoms with Gasteiger partial charge in [0.05, 0.1) is 5.56 Å². The molecule has 1 aromatic carbocycles. The molecule has 0 aliphatic rings. The van der Waals surface area contributed by atoms with Gasteiger partial charge in [-0.3, -0.25) is 14.1 Å². The molecule has 17 heavy (non-hydrogen) atoms. The van der Waals surface area contributed by atoms with Gasteiger partial charge in [-0.1, -0.05) is 0 Å². The van der Waals surface area contributed by atoms with Crippen molar-refractivity contribution >= 4 is 43.8 Å². The number of hydrogen-bond acceptors (Lipinski definition) is 4. The molecule has 0 unspecified atom stereocenters. The molecule has 5 nitrogen and oxygen atoms in total. The Morgan fingerprint density at radius 1 is 1.18 bits per heavy atom.